The zero-order chi connectivity index (χ0) is 12.3. The minimum absolute atomic E-state index is 0.186. The molecular weight excluding hydrogens is 236 g/mol. The molecule has 1 aliphatic rings. The molecule has 0 atom stereocenters. The van der Waals surface area contributed by atoms with E-state index in [1.807, 2.05) is 17.3 Å². The van der Waals surface area contributed by atoms with E-state index in [1.54, 1.807) is 0 Å². The highest BCUT2D eigenvalue weighted by Crippen LogP contribution is 2.15. The Bertz CT molecular complexity index is 385. The summed E-state index contributed by atoms with van der Waals surface area (Å²) < 4.78 is 0. The van der Waals surface area contributed by atoms with Crippen LogP contribution in [0.5, 0.6) is 0 Å². The van der Waals surface area contributed by atoms with Crippen LogP contribution in [0.4, 0.5) is 5.13 Å². The summed E-state index contributed by atoms with van der Waals surface area (Å²) in [7, 11) is 3.92. The van der Waals surface area contributed by atoms with E-state index in [0.29, 0.717) is 6.42 Å². The van der Waals surface area contributed by atoms with Gasteiger partial charge in [0.2, 0.25) is 5.91 Å². The van der Waals surface area contributed by atoms with Gasteiger partial charge in [-0.1, -0.05) is 0 Å². The highest BCUT2D eigenvalue weighted by Gasteiger charge is 2.19. The molecule has 1 aromatic rings. The molecule has 0 aromatic carbocycles. The maximum atomic E-state index is 12.0. The van der Waals surface area contributed by atoms with Gasteiger partial charge in [0.05, 0.1) is 12.1 Å². The number of carbonyl (C=O) groups excluding carboxylic acids is 1. The first-order chi connectivity index (χ1) is 8.19. The van der Waals surface area contributed by atoms with Crippen molar-refractivity contribution >= 4 is 22.4 Å². The third kappa shape index (κ3) is 3.17. The van der Waals surface area contributed by atoms with E-state index >= 15 is 0 Å². The summed E-state index contributed by atoms with van der Waals surface area (Å²) in [6.45, 7) is 3.59. The Morgan fingerprint density at radius 2 is 2.18 bits per heavy atom. The summed E-state index contributed by atoms with van der Waals surface area (Å²) in [5.41, 5.74) is 0.864. The van der Waals surface area contributed by atoms with Crippen LogP contribution in [0, 0.1) is 0 Å². The normalized spacial score (nSPS) is 17.2. The second-order valence-corrected chi connectivity index (χ2v) is 5.11. The van der Waals surface area contributed by atoms with Crippen LogP contribution >= 0.6 is 11.3 Å². The zero-order valence-corrected chi connectivity index (χ0v) is 11.1. The Morgan fingerprint density at radius 3 is 2.76 bits per heavy atom. The van der Waals surface area contributed by atoms with Gasteiger partial charge in [-0.15, -0.1) is 11.3 Å². The minimum atomic E-state index is 0.186. The molecule has 6 heteroatoms. The molecule has 5 nitrogen and oxygen atoms in total. The van der Waals surface area contributed by atoms with E-state index in [4.69, 9.17) is 0 Å². The van der Waals surface area contributed by atoms with Crippen LogP contribution in [0.2, 0.25) is 0 Å². The summed E-state index contributed by atoms with van der Waals surface area (Å²) in [4.78, 5) is 20.5. The molecule has 94 valence electrons. The molecule has 2 rings (SSSR count). The number of anilines is 1. The van der Waals surface area contributed by atoms with Crippen LogP contribution in [-0.2, 0) is 11.2 Å². The van der Waals surface area contributed by atoms with Crippen LogP contribution in [0.1, 0.15) is 5.69 Å². The lowest BCUT2D eigenvalue weighted by Gasteiger charge is -2.32. The van der Waals surface area contributed by atoms with E-state index in [0.717, 1.165) is 37.0 Å². The molecule has 2 heterocycles. The third-order valence-electron chi connectivity index (χ3n) is 2.95. The number of nitrogens with zero attached hydrogens (tertiary/aromatic N) is 3. The van der Waals surface area contributed by atoms with Gasteiger partial charge in [-0.25, -0.2) is 4.98 Å². The van der Waals surface area contributed by atoms with Gasteiger partial charge in [0.15, 0.2) is 5.13 Å². The molecule has 0 aliphatic carbocycles. The Morgan fingerprint density at radius 1 is 1.47 bits per heavy atom. The minimum Gasteiger partial charge on any atom is -0.365 e. The fourth-order valence-corrected chi connectivity index (χ4v) is 2.50. The first kappa shape index (κ1) is 12.3. The molecule has 1 N–H and O–H groups in total. The molecule has 0 radical (unpaired) electrons. The van der Waals surface area contributed by atoms with Gasteiger partial charge in [-0.05, 0) is 7.05 Å². The van der Waals surface area contributed by atoms with Crippen LogP contribution in [0.15, 0.2) is 5.38 Å². The van der Waals surface area contributed by atoms with Gasteiger partial charge < -0.3 is 15.1 Å². The van der Waals surface area contributed by atoms with Gasteiger partial charge in [-0.3, -0.25) is 4.79 Å². The predicted molar refractivity (Wildman–Crippen MR) is 69.4 cm³/mol. The number of hydrogen-bond acceptors (Lipinski definition) is 5. The molecule has 1 amide bonds. The van der Waals surface area contributed by atoms with Crippen molar-refractivity contribution in [1.82, 2.24) is 14.8 Å². The number of likely N-dealkylation sites (N-methyl/N-ethyl adjacent to an activating group) is 1. The van der Waals surface area contributed by atoms with Gasteiger partial charge >= 0.3 is 0 Å². The zero-order valence-electron chi connectivity index (χ0n) is 10.3. The van der Waals surface area contributed by atoms with E-state index in [-0.39, 0.29) is 5.91 Å². The first-order valence-electron chi connectivity index (χ1n) is 5.77. The maximum Gasteiger partial charge on any atom is 0.228 e. The molecule has 0 saturated carbocycles. The van der Waals surface area contributed by atoms with Crippen LogP contribution in [0.25, 0.3) is 0 Å². The SMILES string of the molecule is CNc1nc(CC(=O)N2CCN(C)CC2)cs1. The Kier molecular flexibility index (Phi) is 3.96. The summed E-state index contributed by atoms with van der Waals surface area (Å²) in [6.07, 6.45) is 0.419. The van der Waals surface area contributed by atoms with Crippen molar-refractivity contribution in [2.24, 2.45) is 0 Å². The van der Waals surface area contributed by atoms with Crippen molar-refractivity contribution in [2.75, 3.05) is 45.6 Å². The van der Waals surface area contributed by atoms with E-state index in [2.05, 4.69) is 22.2 Å². The Labute approximate surface area is 105 Å². The van der Waals surface area contributed by atoms with E-state index < -0.39 is 0 Å². The molecule has 1 aromatic heterocycles. The number of piperazine rings is 1. The number of aromatic nitrogens is 1. The molecular formula is C11H18N4OS. The van der Waals surface area contributed by atoms with E-state index in [1.165, 1.54) is 11.3 Å². The molecule has 0 bridgehead atoms. The highest BCUT2D eigenvalue weighted by molar-refractivity contribution is 7.13. The van der Waals surface area contributed by atoms with E-state index in [9.17, 15) is 4.79 Å². The van der Waals surface area contributed by atoms with Crippen molar-refractivity contribution in [3.63, 3.8) is 0 Å². The van der Waals surface area contributed by atoms with Gasteiger partial charge in [0.1, 0.15) is 0 Å². The number of hydrogen-bond donors (Lipinski definition) is 1. The monoisotopic (exact) mass is 254 g/mol. The molecule has 17 heavy (non-hydrogen) atoms. The van der Waals surface area contributed by atoms with Crippen molar-refractivity contribution in [2.45, 2.75) is 6.42 Å². The predicted octanol–water partition coefficient (Wildman–Crippen LogP) is 0.501. The topological polar surface area (TPSA) is 48.5 Å². The molecule has 0 unspecified atom stereocenters. The van der Waals surface area contributed by atoms with Crippen molar-refractivity contribution < 1.29 is 4.79 Å². The van der Waals surface area contributed by atoms with Crippen LogP contribution < -0.4 is 5.32 Å². The van der Waals surface area contributed by atoms with Gasteiger partial charge in [0, 0.05) is 38.6 Å². The number of carbonyl (C=O) groups is 1. The molecule has 0 spiro atoms. The fourth-order valence-electron chi connectivity index (χ4n) is 1.83. The largest absolute Gasteiger partial charge is 0.365 e. The lowest BCUT2D eigenvalue weighted by atomic mass is 10.2. The molecule has 1 fully saturated rings. The lowest BCUT2D eigenvalue weighted by molar-refractivity contribution is -0.132. The fraction of sp³-hybridized carbons (Fsp3) is 0.636. The second kappa shape index (κ2) is 5.46. The average Bonchev–Trinajstić information content (AvgIpc) is 2.77. The first-order valence-corrected chi connectivity index (χ1v) is 6.65. The third-order valence-corrected chi connectivity index (χ3v) is 3.86. The van der Waals surface area contributed by atoms with Crippen LogP contribution in [-0.4, -0.2) is 61.0 Å². The average molecular weight is 254 g/mol. The number of nitrogens with one attached hydrogen (secondary N) is 1. The van der Waals surface area contributed by atoms with Gasteiger partial charge in [0.25, 0.3) is 0 Å². The standard InChI is InChI=1S/C11H18N4OS/c1-12-11-13-9(8-17-11)7-10(16)15-5-3-14(2)4-6-15/h8H,3-7H2,1-2H3,(H,12,13). The molecule has 1 aliphatic heterocycles. The van der Waals surface area contributed by atoms with Crippen molar-refractivity contribution in [1.29, 1.82) is 0 Å². The number of rotatable bonds is 3. The van der Waals surface area contributed by atoms with Crippen LogP contribution in [0.3, 0.4) is 0 Å². The summed E-state index contributed by atoms with van der Waals surface area (Å²) >= 11 is 1.54. The summed E-state index contributed by atoms with van der Waals surface area (Å²) in [6, 6.07) is 0. The molecule has 1 saturated heterocycles. The summed E-state index contributed by atoms with van der Waals surface area (Å²) in [5, 5.41) is 5.79. The number of amides is 1. The summed E-state index contributed by atoms with van der Waals surface area (Å²) in [5.74, 6) is 0.186. The van der Waals surface area contributed by atoms with Crippen molar-refractivity contribution in [3.05, 3.63) is 11.1 Å². The Hall–Kier alpha value is -1.14. The Balaban J connectivity index is 1.88. The quantitative estimate of drug-likeness (QED) is 0.853. The van der Waals surface area contributed by atoms with Crippen molar-refractivity contribution in [3.8, 4) is 0 Å². The second-order valence-electron chi connectivity index (χ2n) is 4.25. The lowest BCUT2D eigenvalue weighted by Crippen LogP contribution is -2.47. The number of thiazole rings is 1. The highest BCUT2D eigenvalue weighted by atomic mass is 32.1. The smallest absolute Gasteiger partial charge is 0.228 e. The maximum absolute atomic E-state index is 12.0. The van der Waals surface area contributed by atoms with Gasteiger partial charge in [-0.2, -0.15) is 0 Å².